The van der Waals surface area contributed by atoms with Crippen molar-refractivity contribution in [3.63, 3.8) is 0 Å². The van der Waals surface area contributed by atoms with Crippen LogP contribution in [0.5, 0.6) is 0 Å². The summed E-state index contributed by atoms with van der Waals surface area (Å²) in [5, 5.41) is 8.23. The van der Waals surface area contributed by atoms with Crippen molar-refractivity contribution in [2.45, 2.75) is 72.4 Å². The molecule has 18 heavy (non-hydrogen) atoms. The lowest BCUT2D eigenvalue weighted by Gasteiger charge is -2.28. The van der Waals surface area contributed by atoms with E-state index in [-0.39, 0.29) is 0 Å². The summed E-state index contributed by atoms with van der Waals surface area (Å²) < 4.78 is 2.11. The van der Waals surface area contributed by atoms with Gasteiger partial charge in [-0.2, -0.15) is 5.10 Å². The van der Waals surface area contributed by atoms with Crippen LogP contribution in [0.4, 0.5) is 0 Å². The molecule has 1 aromatic rings. The Morgan fingerprint density at radius 3 is 2.33 bits per heavy atom. The van der Waals surface area contributed by atoms with Crippen LogP contribution in [0.2, 0.25) is 0 Å². The van der Waals surface area contributed by atoms with Crippen LogP contribution in [-0.4, -0.2) is 27.4 Å². The van der Waals surface area contributed by atoms with Gasteiger partial charge in [0, 0.05) is 6.04 Å². The SMILES string of the molecule is CCCNC(CCC)C(CC)n1nc(C)nc1C. The third-order valence-corrected chi connectivity index (χ3v) is 3.36. The maximum Gasteiger partial charge on any atom is 0.147 e. The van der Waals surface area contributed by atoms with Crippen LogP contribution in [0.15, 0.2) is 0 Å². The Balaban J connectivity index is 2.86. The zero-order chi connectivity index (χ0) is 13.5. The molecule has 1 aromatic heterocycles. The highest BCUT2D eigenvalue weighted by molar-refractivity contribution is 4.93. The largest absolute Gasteiger partial charge is 0.312 e. The Morgan fingerprint density at radius 1 is 1.17 bits per heavy atom. The molecule has 1 heterocycles. The molecule has 0 aliphatic rings. The van der Waals surface area contributed by atoms with Gasteiger partial charge in [-0.05, 0) is 39.7 Å². The van der Waals surface area contributed by atoms with Crippen molar-refractivity contribution in [1.29, 1.82) is 0 Å². The monoisotopic (exact) mass is 252 g/mol. The summed E-state index contributed by atoms with van der Waals surface area (Å²) in [5.41, 5.74) is 0. The molecule has 0 aliphatic heterocycles. The van der Waals surface area contributed by atoms with Crippen molar-refractivity contribution in [2.24, 2.45) is 0 Å². The van der Waals surface area contributed by atoms with Crippen LogP contribution in [0, 0.1) is 13.8 Å². The van der Waals surface area contributed by atoms with Gasteiger partial charge >= 0.3 is 0 Å². The Kier molecular flexibility index (Phi) is 6.33. The molecule has 0 saturated heterocycles. The third kappa shape index (κ3) is 3.80. The highest BCUT2D eigenvalue weighted by atomic mass is 15.4. The number of rotatable bonds is 8. The molecule has 4 heteroatoms. The van der Waals surface area contributed by atoms with Crippen molar-refractivity contribution in [2.75, 3.05) is 6.54 Å². The Morgan fingerprint density at radius 2 is 1.89 bits per heavy atom. The molecule has 0 spiro atoms. The van der Waals surface area contributed by atoms with Gasteiger partial charge in [-0.3, -0.25) is 0 Å². The molecular weight excluding hydrogens is 224 g/mol. The Hall–Kier alpha value is -0.900. The van der Waals surface area contributed by atoms with Gasteiger partial charge in [-0.25, -0.2) is 9.67 Å². The molecule has 0 aromatic carbocycles. The van der Waals surface area contributed by atoms with Crippen LogP contribution in [0.25, 0.3) is 0 Å². The van der Waals surface area contributed by atoms with E-state index in [9.17, 15) is 0 Å². The van der Waals surface area contributed by atoms with Crippen LogP contribution in [0.3, 0.4) is 0 Å². The van der Waals surface area contributed by atoms with E-state index < -0.39 is 0 Å². The summed E-state index contributed by atoms with van der Waals surface area (Å²) in [7, 11) is 0. The van der Waals surface area contributed by atoms with Gasteiger partial charge in [0.15, 0.2) is 0 Å². The Bertz CT molecular complexity index is 346. The zero-order valence-corrected chi connectivity index (χ0v) is 12.5. The number of aromatic nitrogens is 3. The van der Waals surface area contributed by atoms with Crippen molar-refractivity contribution in [3.05, 3.63) is 11.6 Å². The zero-order valence-electron chi connectivity index (χ0n) is 12.5. The molecular formula is C14H28N4. The summed E-state index contributed by atoms with van der Waals surface area (Å²) in [5.74, 6) is 1.90. The van der Waals surface area contributed by atoms with Crippen LogP contribution >= 0.6 is 0 Å². The van der Waals surface area contributed by atoms with E-state index in [4.69, 9.17) is 0 Å². The lowest BCUT2D eigenvalue weighted by molar-refractivity contribution is 0.296. The van der Waals surface area contributed by atoms with Gasteiger partial charge in [0.05, 0.1) is 6.04 Å². The van der Waals surface area contributed by atoms with E-state index in [1.807, 2.05) is 13.8 Å². The van der Waals surface area contributed by atoms with E-state index in [2.05, 4.69) is 40.9 Å². The maximum atomic E-state index is 4.56. The quantitative estimate of drug-likeness (QED) is 0.773. The predicted molar refractivity (Wildman–Crippen MR) is 75.8 cm³/mol. The van der Waals surface area contributed by atoms with Gasteiger partial charge in [0.25, 0.3) is 0 Å². The minimum absolute atomic E-state index is 0.415. The molecule has 104 valence electrons. The smallest absolute Gasteiger partial charge is 0.147 e. The second-order valence-electron chi connectivity index (χ2n) is 4.98. The van der Waals surface area contributed by atoms with E-state index in [0.29, 0.717) is 12.1 Å². The summed E-state index contributed by atoms with van der Waals surface area (Å²) in [6.45, 7) is 11.8. The first-order valence-corrected chi connectivity index (χ1v) is 7.27. The van der Waals surface area contributed by atoms with Crippen molar-refractivity contribution in [3.8, 4) is 0 Å². The highest BCUT2D eigenvalue weighted by Gasteiger charge is 2.22. The number of hydrogen-bond acceptors (Lipinski definition) is 3. The van der Waals surface area contributed by atoms with Gasteiger partial charge < -0.3 is 5.32 Å². The van der Waals surface area contributed by atoms with E-state index in [1.54, 1.807) is 0 Å². The van der Waals surface area contributed by atoms with Crippen LogP contribution in [-0.2, 0) is 0 Å². The fourth-order valence-corrected chi connectivity index (χ4v) is 2.55. The number of hydrogen-bond donors (Lipinski definition) is 1. The van der Waals surface area contributed by atoms with E-state index in [0.717, 1.165) is 24.6 Å². The molecule has 2 atom stereocenters. The molecule has 1 N–H and O–H groups in total. The van der Waals surface area contributed by atoms with Crippen LogP contribution in [0.1, 0.15) is 64.1 Å². The molecule has 0 amide bonds. The second-order valence-corrected chi connectivity index (χ2v) is 4.98. The lowest BCUT2D eigenvalue weighted by atomic mass is 10.0. The standard InChI is InChI=1S/C14H28N4/c1-6-9-13(15-10-7-2)14(8-3)18-12(5)16-11(4)17-18/h13-15H,6-10H2,1-5H3. The average Bonchev–Trinajstić information content (AvgIpc) is 2.66. The first-order chi connectivity index (χ1) is 8.63. The number of nitrogens with one attached hydrogen (secondary N) is 1. The lowest BCUT2D eigenvalue weighted by Crippen LogP contribution is -2.38. The second kappa shape index (κ2) is 7.52. The number of aryl methyl sites for hydroxylation is 2. The molecule has 4 nitrogen and oxygen atoms in total. The molecule has 1 rings (SSSR count). The van der Waals surface area contributed by atoms with Gasteiger partial charge in [0.2, 0.25) is 0 Å². The molecule has 0 saturated carbocycles. The van der Waals surface area contributed by atoms with Crippen molar-refractivity contribution >= 4 is 0 Å². The van der Waals surface area contributed by atoms with E-state index >= 15 is 0 Å². The highest BCUT2D eigenvalue weighted by Crippen LogP contribution is 2.20. The first kappa shape index (κ1) is 15.2. The maximum absolute atomic E-state index is 4.56. The minimum atomic E-state index is 0.415. The topological polar surface area (TPSA) is 42.7 Å². The average molecular weight is 252 g/mol. The summed E-state index contributed by atoms with van der Waals surface area (Å²) in [6.07, 6.45) is 4.65. The van der Waals surface area contributed by atoms with Gasteiger partial charge in [-0.15, -0.1) is 0 Å². The summed E-state index contributed by atoms with van der Waals surface area (Å²) in [6, 6.07) is 0.914. The third-order valence-electron chi connectivity index (χ3n) is 3.36. The van der Waals surface area contributed by atoms with Crippen molar-refractivity contribution < 1.29 is 0 Å². The molecule has 0 fully saturated rings. The molecule has 0 radical (unpaired) electrons. The van der Waals surface area contributed by atoms with Crippen molar-refractivity contribution in [1.82, 2.24) is 20.1 Å². The van der Waals surface area contributed by atoms with Crippen LogP contribution < -0.4 is 5.32 Å². The predicted octanol–water partition coefficient (Wildman–Crippen LogP) is 3.01. The first-order valence-electron chi connectivity index (χ1n) is 7.27. The molecule has 0 bridgehead atoms. The molecule has 2 unspecified atom stereocenters. The normalized spacial score (nSPS) is 14.7. The fraction of sp³-hybridized carbons (Fsp3) is 0.857. The fourth-order valence-electron chi connectivity index (χ4n) is 2.55. The summed E-state index contributed by atoms with van der Waals surface area (Å²) in [4.78, 5) is 4.43. The number of nitrogens with zero attached hydrogens (tertiary/aromatic N) is 3. The van der Waals surface area contributed by atoms with Gasteiger partial charge in [-0.1, -0.05) is 27.2 Å². The summed E-state index contributed by atoms with van der Waals surface area (Å²) >= 11 is 0. The Labute approximate surface area is 111 Å². The van der Waals surface area contributed by atoms with Gasteiger partial charge in [0.1, 0.15) is 11.6 Å². The minimum Gasteiger partial charge on any atom is -0.312 e. The molecule has 0 aliphatic carbocycles. The van der Waals surface area contributed by atoms with E-state index in [1.165, 1.54) is 19.3 Å².